The predicted octanol–water partition coefficient (Wildman–Crippen LogP) is 4.04. The predicted molar refractivity (Wildman–Crippen MR) is 82.7 cm³/mol. The van der Waals surface area contributed by atoms with E-state index in [9.17, 15) is 8.42 Å². The Labute approximate surface area is 125 Å². The lowest BCUT2D eigenvalue weighted by Crippen LogP contribution is -2.39. The molecule has 0 radical (unpaired) electrons. The van der Waals surface area contributed by atoms with Crippen molar-refractivity contribution in [2.45, 2.75) is 51.0 Å². The van der Waals surface area contributed by atoms with Gasteiger partial charge in [-0.25, -0.2) is 8.42 Å². The number of halogens is 1. The Morgan fingerprint density at radius 1 is 1.26 bits per heavy atom. The molecule has 1 atom stereocenters. The molecule has 0 aliphatic heterocycles. The van der Waals surface area contributed by atoms with Crippen LogP contribution in [0.4, 0.5) is 0 Å². The fourth-order valence-corrected chi connectivity index (χ4v) is 4.58. The van der Waals surface area contributed by atoms with Crippen LogP contribution in [0.15, 0.2) is 33.6 Å². The molecular formula is C14H22BrNO2S. The van der Waals surface area contributed by atoms with E-state index in [2.05, 4.69) is 22.9 Å². The fourth-order valence-electron chi connectivity index (χ4n) is 1.88. The van der Waals surface area contributed by atoms with E-state index < -0.39 is 10.0 Å². The van der Waals surface area contributed by atoms with Crippen molar-refractivity contribution < 1.29 is 8.42 Å². The van der Waals surface area contributed by atoms with Crippen molar-refractivity contribution in [3.05, 3.63) is 28.7 Å². The maximum Gasteiger partial charge on any atom is 0.244 e. The van der Waals surface area contributed by atoms with Gasteiger partial charge in [-0.2, -0.15) is 4.31 Å². The van der Waals surface area contributed by atoms with Crippen molar-refractivity contribution in [3.8, 4) is 0 Å². The molecule has 0 heterocycles. The first-order valence-corrected chi connectivity index (χ1v) is 8.94. The summed E-state index contributed by atoms with van der Waals surface area (Å²) in [7, 11) is -3.43. The smallest absolute Gasteiger partial charge is 0.207 e. The summed E-state index contributed by atoms with van der Waals surface area (Å²) in [5.41, 5.74) is 0. The third kappa shape index (κ3) is 4.04. The lowest BCUT2D eigenvalue weighted by molar-refractivity contribution is 0.324. The van der Waals surface area contributed by atoms with Crippen LogP contribution in [0.5, 0.6) is 0 Å². The topological polar surface area (TPSA) is 37.4 Å². The minimum absolute atomic E-state index is 0.0173. The highest BCUT2D eigenvalue weighted by Crippen LogP contribution is 2.26. The number of hydrogen-bond donors (Lipinski definition) is 0. The summed E-state index contributed by atoms with van der Waals surface area (Å²) in [6.07, 6.45) is 2.68. The van der Waals surface area contributed by atoms with Crippen molar-refractivity contribution in [3.63, 3.8) is 0 Å². The van der Waals surface area contributed by atoms with Crippen molar-refractivity contribution in [2.24, 2.45) is 0 Å². The molecule has 0 aliphatic carbocycles. The van der Waals surface area contributed by atoms with Gasteiger partial charge in [0.2, 0.25) is 10.0 Å². The summed E-state index contributed by atoms with van der Waals surface area (Å²) >= 11 is 3.33. The summed E-state index contributed by atoms with van der Waals surface area (Å²) in [6, 6.07) is 7.01. The molecule has 1 aromatic rings. The second-order valence-electron chi connectivity index (χ2n) is 4.66. The van der Waals surface area contributed by atoms with Gasteiger partial charge in [-0.1, -0.05) is 32.4 Å². The number of hydrogen-bond acceptors (Lipinski definition) is 2. The van der Waals surface area contributed by atoms with Crippen LogP contribution in [0.25, 0.3) is 0 Å². The fraction of sp³-hybridized carbons (Fsp3) is 0.571. The van der Waals surface area contributed by atoms with E-state index in [1.165, 1.54) is 0 Å². The Kier molecular flexibility index (Phi) is 6.50. The van der Waals surface area contributed by atoms with Crippen molar-refractivity contribution in [1.82, 2.24) is 4.31 Å². The van der Waals surface area contributed by atoms with E-state index in [0.717, 1.165) is 19.3 Å². The van der Waals surface area contributed by atoms with Gasteiger partial charge in [0.15, 0.2) is 0 Å². The first-order chi connectivity index (χ1) is 8.95. The van der Waals surface area contributed by atoms with Crippen LogP contribution in [0, 0.1) is 0 Å². The zero-order valence-electron chi connectivity index (χ0n) is 11.8. The van der Waals surface area contributed by atoms with Crippen LogP contribution in [0.1, 0.15) is 40.0 Å². The summed E-state index contributed by atoms with van der Waals surface area (Å²) in [6.45, 7) is 6.62. The number of benzene rings is 1. The molecular weight excluding hydrogens is 326 g/mol. The van der Waals surface area contributed by atoms with Crippen molar-refractivity contribution in [1.29, 1.82) is 0 Å². The zero-order chi connectivity index (χ0) is 14.5. The monoisotopic (exact) mass is 347 g/mol. The van der Waals surface area contributed by atoms with Crippen molar-refractivity contribution in [2.75, 3.05) is 6.54 Å². The third-order valence-corrected chi connectivity index (χ3v) is 6.26. The number of rotatable bonds is 7. The van der Waals surface area contributed by atoms with Crippen LogP contribution in [-0.4, -0.2) is 25.3 Å². The van der Waals surface area contributed by atoms with E-state index in [1.54, 1.807) is 22.5 Å². The molecule has 19 heavy (non-hydrogen) atoms. The van der Waals surface area contributed by atoms with Gasteiger partial charge >= 0.3 is 0 Å². The van der Waals surface area contributed by atoms with Gasteiger partial charge < -0.3 is 0 Å². The molecule has 1 unspecified atom stereocenters. The largest absolute Gasteiger partial charge is 0.244 e. The molecule has 1 rings (SSSR count). The molecule has 0 bridgehead atoms. The maximum atomic E-state index is 12.8. The second kappa shape index (κ2) is 7.41. The highest BCUT2D eigenvalue weighted by molar-refractivity contribution is 9.10. The molecule has 0 fully saturated rings. The minimum Gasteiger partial charge on any atom is -0.207 e. The molecule has 0 saturated heterocycles. The first-order valence-electron chi connectivity index (χ1n) is 6.71. The molecule has 0 spiro atoms. The molecule has 1 aromatic carbocycles. The SMILES string of the molecule is CCCCN(C(C)CC)S(=O)(=O)c1ccccc1Br. The normalized spacial score (nSPS) is 13.7. The lowest BCUT2D eigenvalue weighted by atomic mass is 10.2. The maximum absolute atomic E-state index is 12.8. The Balaban J connectivity index is 3.16. The first kappa shape index (κ1) is 16.7. The van der Waals surface area contributed by atoms with Crippen LogP contribution in [0.2, 0.25) is 0 Å². The standard InChI is InChI=1S/C14H22BrNO2S/c1-4-6-11-16(12(3)5-2)19(17,18)14-10-8-7-9-13(14)15/h7-10,12H,4-6,11H2,1-3H3. The Hall–Kier alpha value is -0.390. The molecule has 0 amide bonds. The van der Waals surface area contributed by atoms with Gasteiger partial charge in [-0.3, -0.25) is 0 Å². The highest BCUT2D eigenvalue weighted by atomic mass is 79.9. The van der Waals surface area contributed by atoms with E-state index >= 15 is 0 Å². The summed E-state index contributed by atoms with van der Waals surface area (Å²) in [5.74, 6) is 0. The number of unbranched alkanes of at least 4 members (excludes halogenated alkanes) is 1. The molecule has 0 N–H and O–H groups in total. The number of nitrogens with zero attached hydrogens (tertiary/aromatic N) is 1. The molecule has 0 aliphatic rings. The zero-order valence-corrected chi connectivity index (χ0v) is 14.2. The van der Waals surface area contributed by atoms with E-state index in [0.29, 0.717) is 15.9 Å². The van der Waals surface area contributed by atoms with Gasteiger partial charge in [0.25, 0.3) is 0 Å². The quantitative estimate of drug-likeness (QED) is 0.746. The second-order valence-corrected chi connectivity index (χ2v) is 7.37. The Morgan fingerprint density at radius 2 is 1.89 bits per heavy atom. The van der Waals surface area contributed by atoms with Crippen LogP contribution in [0.3, 0.4) is 0 Å². The Bertz CT molecular complexity index is 502. The van der Waals surface area contributed by atoms with E-state index in [-0.39, 0.29) is 6.04 Å². The van der Waals surface area contributed by atoms with Gasteiger partial charge in [-0.15, -0.1) is 0 Å². The highest BCUT2D eigenvalue weighted by Gasteiger charge is 2.29. The van der Waals surface area contributed by atoms with Crippen LogP contribution >= 0.6 is 15.9 Å². The summed E-state index contributed by atoms with van der Waals surface area (Å²) in [5, 5.41) is 0. The minimum atomic E-state index is -3.43. The van der Waals surface area contributed by atoms with E-state index in [4.69, 9.17) is 0 Å². The van der Waals surface area contributed by atoms with Crippen LogP contribution in [-0.2, 0) is 10.0 Å². The van der Waals surface area contributed by atoms with Crippen LogP contribution < -0.4 is 0 Å². The Morgan fingerprint density at radius 3 is 2.42 bits per heavy atom. The van der Waals surface area contributed by atoms with Crippen molar-refractivity contribution >= 4 is 26.0 Å². The molecule has 108 valence electrons. The average molecular weight is 348 g/mol. The van der Waals surface area contributed by atoms with E-state index in [1.807, 2.05) is 19.9 Å². The average Bonchev–Trinajstić information content (AvgIpc) is 2.38. The van der Waals surface area contributed by atoms with Gasteiger partial charge in [0.1, 0.15) is 0 Å². The summed E-state index contributed by atoms with van der Waals surface area (Å²) < 4.78 is 27.8. The van der Waals surface area contributed by atoms with Gasteiger partial charge in [0, 0.05) is 17.1 Å². The lowest BCUT2D eigenvalue weighted by Gasteiger charge is -2.28. The van der Waals surface area contributed by atoms with Gasteiger partial charge in [-0.05, 0) is 47.8 Å². The third-order valence-electron chi connectivity index (χ3n) is 3.24. The molecule has 3 nitrogen and oxygen atoms in total. The molecule has 0 saturated carbocycles. The number of sulfonamides is 1. The van der Waals surface area contributed by atoms with Gasteiger partial charge in [0.05, 0.1) is 4.90 Å². The molecule has 5 heteroatoms. The molecule has 0 aromatic heterocycles. The summed E-state index contributed by atoms with van der Waals surface area (Å²) in [4.78, 5) is 0.353.